The Morgan fingerprint density at radius 1 is 1.50 bits per heavy atom. The third-order valence-electron chi connectivity index (χ3n) is 1.79. The number of hydrogen-bond acceptors (Lipinski definition) is 1. The highest BCUT2D eigenvalue weighted by Gasteiger charge is 2.34. The van der Waals surface area contributed by atoms with Crippen molar-refractivity contribution < 1.29 is 13.2 Å². The highest BCUT2D eigenvalue weighted by atomic mass is 19.4. The Morgan fingerprint density at radius 2 is 2.07 bits per heavy atom. The topological polar surface area (TPSA) is 22.0 Å². The Balaban J connectivity index is 3.45. The molecule has 5 heteroatoms. The van der Waals surface area contributed by atoms with Gasteiger partial charge >= 0.3 is 6.18 Å². The summed E-state index contributed by atoms with van der Waals surface area (Å²) in [5.74, 6) is 0. The number of pyridine rings is 1. The summed E-state index contributed by atoms with van der Waals surface area (Å²) in [6.45, 7) is 5.18. The molecule has 1 rings (SSSR count). The van der Waals surface area contributed by atoms with Gasteiger partial charge in [0.25, 0.3) is 5.56 Å². The number of alkyl halides is 3. The fourth-order valence-electron chi connectivity index (χ4n) is 1.14. The predicted octanol–water partition coefficient (Wildman–Crippen LogP) is 2.07. The van der Waals surface area contributed by atoms with E-state index in [1.165, 1.54) is 6.20 Å². The first kappa shape index (κ1) is 10.8. The largest absolute Gasteiger partial charge is 0.421 e. The van der Waals surface area contributed by atoms with Gasteiger partial charge in [0.1, 0.15) is 5.56 Å². The van der Waals surface area contributed by atoms with Gasteiger partial charge in [-0.25, -0.2) is 0 Å². The molecule has 77 valence electrons. The van der Waals surface area contributed by atoms with Crippen LogP contribution in [0.15, 0.2) is 17.1 Å². The molecule has 0 aromatic carbocycles. The van der Waals surface area contributed by atoms with Crippen LogP contribution in [0.4, 0.5) is 13.2 Å². The standard InChI is InChI=1S/C9H9F3NO/c1-3-13-5-6(2)4-7(8(13)14)9(10,11)12/h4-5H,2-3H2,1H3. The van der Waals surface area contributed by atoms with Gasteiger partial charge in [0, 0.05) is 12.7 Å². The number of hydrogen-bond donors (Lipinski definition) is 0. The van der Waals surface area contributed by atoms with Crippen molar-refractivity contribution in [3.63, 3.8) is 0 Å². The van der Waals surface area contributed by atoms with Gasteiger partial charge in [-0.15, -0.1) is 0 Å². The molecule has 1 radical (unpaired) electrons. The van der Waals surface area contributed by atoms with Gasteiger partial charge in [-0.2, -0.15) is 13.2 Å². The van der Waals surface area contributed by atoms with Crippen LogP contribution in [0.5, 0.6) is 0 Å². The molecule has 0 aliphatic rings. The molecule has 0 saturated carbocycles. The van der Waals surface area contributed by atoms with Crippen LogP contribution in [0.2, 0.25) is 0 Å². The lowest BCUT2D eigenvalue weighted by atomic mass is 10.2. The molecule has 0 unspecified atom stereocenters. The lowest BCUT2D eigenvalue weighted by molar-refractivity contribution is -0.139. The van der Waals surface area contributed by atoms with Crippen molar-refractivity contribution in [2.75, 3.05) is 0 Å². The van der Waals surface area contributed by atoms with E-state index in [1.54, 1.807) is 6.92 Å². The van der Waals surface area contributed by atoms with E-state index >= 15 is 0 Å². The molecule has 0 spiro atoms. The predicted molar refractivity (Wildman–Crippen MR) is 45.8 cm³/mol. The first-order valence-corrected chi connectivity index (χ1v) is 4.00. The maximum absolute atomic E-state index is 12.3. The molecule has 14 heavy (non-hydrogen) atoms. The van der Waals surface area contributed by atoms with Gasteiger partial charge in [0.15, 0.2) is 0 Å². The van der Waals surface area contributed by atoms with Crippen molar-refractivity contribution in [3.05, 3.63) is 40.7 Å². The molecule has 1 aromatic rings. The van der Waals surface area contributed by atoms with Crippen LogP contribution >= 0.6 is 0 Å². The van der Waals surface area contributed by atoms with Gasteiger partial charge in [-0.3, -0.25) is 4.79 Å². The maximum atomic E-state index is 12.3. The number of halogens is 3. The third kappa shape index (κ3) is 1.97. The van der Waals surface area contributed by atoms with Crippen LogP contribution < -0.4 is 5.56 Å². The van der Waals surface area contributed by atoms with Crippen LogP contribution in [0.1, 0.15) is 18.1 Å². The Kier molecular flexibility index (Phi) is 2.69. The van der Waals surface area contributed by atoms with Crippen LogP contribution in [-0.4, -0.2) is 4.57 Å². The average Bonchev–Trinajstić information content (AvgIpc) is 2.06. The summed E-state index contributed by atoms with van der Waals surface area (Å²) in [5, 5.41) is 0. The van der Waals surface area contributed by atoms with E-state index in [0.717, 1.165) is 10.6 Å². The van der Waals surface area contributed by atoms with Crippen molar-refractivity contribution in [2.24, 2.45) is 0 Å². The number of aryl methyl sites for hydroxylation is 1. The summed E-state index contributed by atoms with van der Waals surface area (Å²) in [5.41, 5.74) is -2.00. The molecule has 0 aliphatic carbocycles. The Labute approximate surface area is 79.0 Å². The molecule has 0 amide bonds. The lowest BCUT2D eigenvalue weighted by Crippen LogP contribution is -2.28. The number of nitrogens with zero attached hydrogens (tertiary/aromatic N) is 1. The third-order valence-corrected chi connectivity index (χ3v) is 1.79. The van der Waals surface area contributed by atoms with Crippen LogP contribution in [0, 0.1) is 6.92 Å². The first-order valence-electron chi connectivity index (χ1n) is 4.00. The summed E-state index contributed by atoms with van der Waals surface area (Å²) in [6.07, 6.45) is -3.31. The Morgan fingerprint density at radius 3 is 2.50 bits per heavy atom. The van der Waals surface area contributed by atoms with E-state index in [1.807, 2.05) is 0 Å². The zero-order valence-corrected chi connectivity index (χ0v) is 7.56. The highest BCUT2D eigenvalue weighted by molar-refractivity contribution is 5.23. The molecule has 0 N–H and O–H groups in total. The van der Waals surface area contributed by atoms with Crippen LogP contribution in [-0.2, 0) is 12.7 Å². The van der Waals surface area contributed by atoms with E-state index in [-0.39, 0.29) is 12.1 Å². The molecule has 0 fully saturated rings. The molecule has 1 heterocycles. The first-order chi connectivity index (χ1) is 6.36. The van der Waals surface area contributed by atoms with Gasteiger partial charge in [-0.05, 0) is 25.5 Å². The smallest absolute Gasteiger partial charge is 0.315 e. The second kappa shape index (κ2) is 3.48. The van der Waals surface area contributed by atoms with Crippen LogP contribution in [0.3, 0.4) is 0 Å². The maximum Gasteiger partial charge on any atom is 0.421 e. The minimum absolute atomic E-state index is 0.179. The minimum atomic E-state index is -4.61. The zero-order valence-electron chi connectivity index (χ0n) is 7.56. The van der Waals surface area contributed by atoms with Crippen molar-refractivity contribution >= 4 is 0 Å². The van der Waals surface area contributed by atoms with Gasteiger partial charge in [-0.1, -0.05) is 0 Å². The molecular formula is C9H9F3NO. The van der Waals surface area contributed by atoms with Crippen molar-refractivity contribution in [3.8, 4) is 0 Å². The van der Waals surface area contributed by atoms with Crippen molar-refractivity contribution in [1.82, 2.24) is 4.57 Å². The van der Waals surface area contributed by atoms with Crippen LogP contribution in [0.25, 0.3) is 0 Å². The summed E-state index contributed by atoms with van der Waals surface area (Å²) >= 11 is 0. The number of aromatic nitrogens is 1. The molecular weight excluding hydrogens is 195 g/mol. The van der Waals surface area contributed by atoms with E-state index < -0.39 is 17.3 Å². The van der Waals surface area contributed by atoms with Crippen molar-refractivity contribution in [2.45, 2.75) is 19.6 Å². The molecule has 2 nitrogen and oxygen atoms in total. The molecule has 1 aromatic heterocycles. The molecule has 0 bridgehead atoms. The van der Waals surface area contributed by atoms with E-state index in [2.05, 4.69) is 6.92 Å². The summed E-state index contributed by atoms with van der Waals surface area (Å²) in [7, 11) is 0. The fourth-order valence-corrected chi connectivity index (χ4v) is 1.14. The second-order valence-electron chi connectivity index (χ2n) is 2.85. The minimum Gasteiger partial charge on any atom is -0.315 e. The molecule has 0 saturated heterocycles. The number of rotatable bonds is 1. The summed E-state index contributed by atoms with van der Waals surface area (Å²) in [4.78, 5) is 11.2. The van der Waals surface area contributed by atoms with E-state index in [0.29, 0.717) is 0 Å². The fraction of sp³-hybridized carbons (Fsp3) is 0.333. The van der Waals surface area contributed by atoms with E-state index in [9.17, 15) is 18.0 Å². The quantitative estimate of drug-likeness (QED) is 0.686. The van der Waals surface area contributed by atoms with E-state index in [4.69, 9.17) is 0 Å². The monoisotopic (exact) mass is 204 g/mol. The van der Waals surface area contributed by atoms with Gasteiger partial charge in [0.05, 0.1) is 0 Å². The summed E-state index contributed by atoms with van der Waals surface area (Å²) in [6, 6.07) is 0.758. The average molecular weight is 204 g/mol. The highest BCUT2D eigenvalue weighted by Crippen LogP contribution is 2.26. The Hall–Kier alpha value is -1.26. The zero-order chi connectivity index (χ0) is 10.9. The van der Waals surface area contributed by atoms with Gasteiger partial charge < -0.3 is 4.57 Å². The SMILES string of the molecule is [CH2]c1cc(C(F)(F)F)c(=O)n(CC)c1. The summed E-state index contributed by atoms with van der Waals surface area (Å²) < 4.78 is 37.9. The second-order valence-corrected chi connectivity index (χ2v) is 2.85. The van der Waals surface area contributed by atoms with Gasteiger partial charge in [0.2, 0.25) is 0 Å². The van der Waals surface area contributed by atoms with Crippen molar-refractivity contribution in [1.29, 1.82) is 0 Å². The Bertz CT molecular complexity index is 392. The molecule has 0 atom stereocenters. The molecule has 0 aliphatic heterocycles. The lowest BCUT2D eigenvalue weighted by Gasteiger charge is -2.10. The normalized spacial score (nSPS) is 11.8.